The summed E-state index contributed by atoms with van der Waals surface area (Å²) in [5, 5.41) is 11.0. The highest BCUT2D eigenvalue weighted by molar-refractivity contribution is 6.24. The van der Waals surface area contributed by atoms with Gasteiger partial charge in [-0.25, -0.2) is 0 Å². The van der Waals surface area contributed by atoms with Crippen LogP contribution in [0.4, 0.5) is 5.69 Å². The van der Waals surface area contributed by atoms with Crippen molar-refractivity contribution in [3.63, 3.8) is 0 Å². The van der Waals surface area contributed by atoms with Gasteiger partial charge in [-0.2, -0.15) is 0 Å². The first kappa shape index (κ1) is 18.0. The highest BCUT2D eigenvalue weighted by Crippen LogP contribution is 2.30. The number of imide groups is 1. The molecule has 0 saturated carbocycles. The van der Waals surface area contributed by atoms with Gasteiger partial charge in [-0.15, -0.1) is 0 Å². The Bertz CT molecular complexity index is 787. The molecule has 0 aliphatic carbocycles. The smallest absolute Gasteiger partial charge is 0.326 e. The Morgan fingerprint density at radius 2 is 1.92 bits per heavy atom. The molecule has 0 unspecified atom stereocenters. The number of carbonyl (C=O) groups is 4. The van der Waals surface area contributed by atoms with E-state index in [4.69, 9.17) is 4.74 Å². The number of nitro benzene ring substituents is 1. The molecule has 0 fully saturated rings. The summed E-state index contributed by atoms with van der Waals surface area (Å²) in [4.78, 5) is 60.2. The number of carbonyl (C=O) groups excluding carboxylic acids is 4. The van der Waals surface area contributed by atoms with Crippen LogP contribution in [0.15, 0.2) is 18.2 Å². The Hall–Kier alpha value is -3.30. The van der Waals surface area contributed by atoms with E-state index in [9.17, 15) is 29.3 Å². The molecule has 0 N–H and O–H groups in total. The molecular formula is C15H15N3O7. The van der Waals surface area contributed by atoms with Gasteiger partial charge in [-0.3, -0.25) is 34.2 Å². The molecule has 0 radical (unpaired) electrons. The van der Waals surface area contributed by atoms with Gasteiger partial charge in [-0.05, 0) is 13.0 Å². The van der Waals surface area contributed by atoms with Crippen LogP contribution in [0.5, 0.6) is 0 Å². The Labute approximate surface area is 142 Å². The highest BCUT2D eigenvalue weighted by Gasteiger charge is 2.42. The minimum atomic E-state index is -1.09. The maximum atomic E-state index is 12.3. The largest absolute Gasteiger partial charge is 0.451 e. The maximum Gasteiger partial charge on any atom is 0.326 e. The minimum Gasteiger partial charge on any atom is -0.451 e. The SMILES string of the molecule is C[C@H](OC(=O)CN1C(=O)c2cccc([N+](=O)[O-])c2C1=O)C(=O)N(C)C. The van der Waals surface area contributed by atoms with Gasteiger partial charge in [0.15, 0.2) is 6.10 Å². The molecule has 2 rings (SSSR count). The number of nitrogens with zero attached hydrogens (tertiary/aromatic N) is 3. The molecule has 1 atom stereocenters. The fraction of sp³-hybridized carbons (Fsp3) is 0.333. The normalized spacial score (nSPS) is 14.1. The Morgan fingerprint density at radius 1 is 1.28 bits per heavy atom. The molecule has 3 amide bonds. The number of amides is 3. The summed E-state index contributed by atoms with van der Waals surface area (Å²) >= 11 is 0. The van der Waals surface area contributed by atoms with Crippen LogP contribution in [0.1, 0.15) is 27.6 Å². The average Bonchev–Trinajstić information content (AvgIpc) is 2.78. The number of hydrogen-bond acceptors (Lipinski definition) is 7. The third kappa shape index (κ3) is 3.32. The van der Waals surface area contributed by atoms with Crippen molar-refractivity contribution in [2.45, 2.75) is 13.0 Å². The monoisotopic (exact) mass is 349 g/mol. The molecule has 0 bridgehead atoms. The van der Waals surface area contributed by atoms with Crippen LogP contribution in [0.2, 0.25) is 0 Å². The Balaban J connectivity index is 2.17. The summed E-state index contributed by atoms with van der Waals surface area (Å²) in [6.45, 7) is 0.613. The second-order valence-electron chi connectivity index (χ2n) is 5.52. The van der Waals surface area contributed by atoms with E-state index in [2.05, 4.69) is 0 Å². The maximum absolute atomic E-state index is 12.3. The fourth-order valence-corrected chi connectivity index (χ4v) is 2.39. The number of esters is 1. The molecule has 132 valence electrons. The zero-order valence-electron chi connectivity index (χ0n) is 13.7. The van der Waals surface area contributed by atoms with Gasteiger partial charge in [0.2, 0.25) is 0 Å². The van der Waals surface area contributed by atoms with Gasteiger partial charge in [0.25, 0.3) is 23.4 Å². The topological polar surface area (TPSA) is 127 Å². The number of rotatable bonds is 5. The summed E-state index contributed by atoms with van der Waals surface area (Å²) in [5.74, 6) is -3.21. The third-order valence-electron chi connectivity index (χ3n) is 3.56. The van der Waals surface area contributed by atoms with E-state index in [-0.39, 0.29) is 11.1 Å². The van der Waals surface area contributed by atoms with E-state index in [1.54, 1.807) is 0 Å². The zero-order chi connectivity index (χ0) is 18.9. The van der Waals surface area contributed by atoms with Gasteiger partial charge in [-0.1, -0.05) is 6.07 Å². The number of ether oxygens (including phenoxy) is 1. The summed E-state index contributed by atoms with van der Waals surface area (Å²) in [6, 6.07) is 3.65. The van der Waals surface area contributed by atoms with Crippen molar-refractivity contribution in [3.8, 4) is 0 Å². The van der Waals surface area contributed by atoms with Crippen LogP contribution in [-0.4, -0.2) is 65.2 Å². The van der Waals surface area contributed by atoms with Crippen LogP contribution in [0, 0.1) is 10.1 Å². The zero-order valence-corrected chi connectivity index (χ0v) is 13.7. The molecule has 0 saturated heterocycles. The highest BCUT2D eigenvalue weighted by atomic mass is 16.6. The predicted molar refractivity (Wildman–Crippen MR) is 82.7 cm³/mol. The van der Waals surface area contributed by atoms with Gasteiger partial charge in [0.1, 0.15) is 12.1 Å². The van der Waals surface area contributed by atoms with Crippen LogP contribution >= 0.6 is 0 Å². The minimum absolute atomic E-state index is 0.149. The van der Waals surface area contributed by atoms with Crippen LogP contribution in [-0.2, 0) is 14.3 Å². The number of hydrogen-bond donors (Lipinski definition) is 0. The lowest BCUT2D eigenvalue weighted by molar-refractivity contribution is -0.385. The van der Waals surface area contributed by atoms with Crippen molar-refractivity contribution >= 4 is 29.4 Å². The molecule has 25 heavy (non-hydrogen) atoms. The molecule has 1 aromatic rings. The summed E-state index contributed by atoms with van der Waals surface area (Å²) in [5.41, 5.74) is -1.02. The Kier molecular flexibility index (Phi) is 4.82. The van der Waals surface area contributed by atoms with E-state index < -0.39 is 47.0 Å². The fourth-order valence-electron chi connectivity index (χ4n) is 2.39. The van der Waals surface area contributed by atoms with Crippen LogP contribution < -0.4 is 0 Å². The standard InChI is InChI=1S/C15H15N3O7/c1-8(13(20)16(2)3)25-11(19)7-17-14(21)9-5-4-6-10(18(23)24)12(9)15(17)22/h4-6,8H,7H2,1-3H3/t8-/m0/s1. The lowest BCUT2D eigenvalue weighted by Crippen LogP contribution is -2.40. The van der Waals surface area contributed by atoms with Crippen LogP contribution in [0.3, 0.4) is 0 Å². The molecule has 0 spiro atoms. The molecular weight excluding hydrogens is 334 g/mol. The number of likely N-dealkylation sites (N-methyl/N-ethyl adjacent to an activating group) is 1. The number of benzene rings is 1. The Morgan fingerprint density at radius 3 is 2.48 bits per heavy atom. The van der Waals surface area contributed by atoms with E-state index in [0.29, 0.717) is 4.90 Å². The summed E-state index contributed by atoms with van der Waals surface area (Å²) < 4.78 is 4.90. The van der Waals surface area contributed by atoms with Crippen molar-refractivity contribution in [2.75, 3.05) is 20.6 Å². The molecule has 1 heterocycles. The van der Waals surface area contributed by atoms with E-state index in [1.165, 1.54) is 38.1 Å². The van der Waals surface area contributed by atoms with Crippen molar-refractivity contribution < 1.29 is 28.8 Å². The first-order valence-electron chi connectivity index (χ1n) is 7.19. The molecule has 0 aromatic heterocycles. The van der Waals surface area contributed by atoms with E-state index in [1.807, 2.05) is 0 Å². The first-order valence-corrected chi connectivity index (χ1v) is 7.19. The van der Waals surface area contributed by atoms with Crippen molar-refractivity contribution in [3.05, 3.63) is 39.4 Å². The third-order valence-corrected chi connectivity index (χ3v) is 3.56. The van der Waals surface area contributed by atoms with Crippen molar-refractivity contribution in [2.24, 2.45) is 0 Å². The first-order chi connectivity index (χ1) is 11.6. The van der Waals surface area contributed by atoms with Gasteiger partial charge >= 0.3 is 5.97 Å². The number of fused-ring (bicyclic) bond motifs is 1. The number of nitro groups is 1. The second kappa shape index (κ2) is 6.67. The molecule has 1 aromatic carbocycles. The van der Waals surface area contributed by atoms with Crippen molar-refractivity contribution in [1.82, 2.24) is 9.80 Å². The average molecular weight is 349 g/mol. The van der Waals surface area contributed by atoms with Crippen LogP contribution in [0.25, 0.3) is 0 Å². The van der Waals surface area contributed by atoms with Crippen molar-refractivity contribution in [1.29, 1.82) is 0 Å². The predicted octanol–water partition coefficient (Wildman–Crippen LogP) is 0.211. The van der Waals surface area contributed by atoms with Gasteiger partial charge in [0, 0.05) is 20.2 Å². The molecule has 1 aliphatic rings. The summed E-state index contributed by atoms with van der Waals surface area (Å²) in [7, 11) is 2.96. The molecule has 10 nitrogen and oxygen atoms in total. The quantitative estimate of drug-likeness (QED) is 0.322. The van der Waals surface area contributed by atoms with E-state index in [0.717, 1.165) is 6.07 Å². The van der Waals surface area contributed by atoms with Gasteiger partial charge in [0.05, 0.1) is 10.5 Å². The van der Waals surface area contributed by atoms with Gasteiger partial charge < -0.3 is 9.64 Å². The second-order valence-corrected chi connectivity index (χ2v) is 5.52. The lowest BCUT2D eigenvalue weighted by Gasteiger charge is -2.19. The summed E-state index contributed by atoms with van der Waals surface area (Å²) in [6.07, 6.45) is -1.09. The van der Waals surface area contributed by atoms with E-state index >= 15 is 0 Å². The molecule has 10 heteroatoms. The molecule has 1 aliphatic heterocycles. The lowest BCUT2D eigenvalue weighted by atomic mass is 10.1.